The number of aromatic nitrogens is 4. The second-order valence-corrected chi connectivity index (χ2v) is 15.4. The molecule has 0 aliphatic rings. The summed E-state index contributed by atoms with van der Waals surface area (Å²) in [6, 6.07) is 16.3. The fraction of sp³-hybridized carbons (Fsp3) is 0.474. The number of nitrogens with one attached hydrogen (secondary N) is 4. The average Bonchev–Trinajstić information content (AvgIpc) is 3.64. The molecule has 8 nitrogen and oxygen atoms in total. The van der Waals surface area contributed by atoms with Gasteiger partial charge in [-0.3, -0.25) is 9.59 Å². The van der Waals surface area contributed by atoms with Gasteiger partial charge in [-0.1, -0.05) is 118 Å². The van der Waals surface area contributed by atoms with E-state index < -0.39 is 0 Å². The predicted molar refractivity (Wildman–Crippen MR) is 187 cm³/mol. The van der Waals surface area contributed by atoms with Crippen LogP contribution in [0.25, 0.3) is 33.6 Å². The van der Waals surface area contributed by atoms with Crippen LogP contribution in [-0.4, -0.2) is 31.8 Å². The predicted octanol–water partition coefficient (Wildman–Crippen LogP) is 8.63. The van der Waals surface area contributed by atoms with Crippen LogP contribution in [-0.2, 0) is 9.59 Å². The zero-order chi connectivity index (χ0) is 33.8. The molecule has 2 heterocycles. The van der Waals surface area contributed by atoms with Gasteiger partial charge >= 0.3 is 0 Å². The van der Waals surface area contributed by atoms with Gasteiger partial charge in [-0.15, -0.1) is 0 Å². The van der Waals surface area contributed by atoms with Crippen molar-refractivity contribution in [2.75, 3.05) is 0 Å². The van der Waals surface area contributed by atoms with Crippen molar-refractivity contribution in [2.45, 2.75) is 94.2 Å². The Bertz CT molecular complexity index is 1480. The van der Waals surface area contributed by atoms with Gasteiger partial charge < -0.3 is 20.6 Å². The third-order valence-electron chi connectivity index (χ3n) is 7.99. The van der Waals surface area contributed by atoms with Crippen molar-refractivity contribution in [3.8, 4) is 33.6 Å². The van der Waals surface area contributed by atoms with Crippen LogP contribution in [0.15, 0.2) is 60.9 Å². The number of amides is 2. The zero-order valence-electron chi connectivity index (χ0n) is 29.2. The SMILES string of the molecule is CC(C)CC(=O)NC(c1ncc(-c2ccc(-c3ccc(-c4cnc(C(NC(=O)CC(C)C)C(C)(C)C)[nH]4)cc3)cc2)[nH]1)C(C)(C)C. The highest BCUT2D eigenvalue weighted by Gasteiger charge is 2.31. The van der Waals surface area contributed by atoms with Crippen LogP contribution in [0.2, 0.25) is 0 Å². The Morgan fingerprint density at radius 1 is 0.587 bits per heavy atom. The molecule has 0 spiro atoms. The largest absolute Gasteiger partial charge is 0.346 e. The van der Waals surface area contributed by atoms with Crippen LogP contribution < -0.4 is 10.6 Å². The second-order valence-electron chi connectivity index (χ2n) is 15.4. The molecule has 4 rings (SSSR count). The molecule has 4 aromatic rings. The minimum atomic E-state index is -0.223. The number of carbonyl (C=O) groups is 2. The lowest BCUT2D eigenvalue weighted by atomic mass is 9.86. The van der Waals surface area contributed by atoms with E-state index in [0.29, 0.717) is 24.7 Å². The van der Waals surface area contributed by atoms with Gasteiger partial charge in [0, 0.05) is 12.8 Å². The van der Waals surface area contributed by atoms with Gasteiger partial charge in [-0.25, -0.2) is 9.97 Å². The monoisotopic (exact) mass is 624 g/mol. The third kappa shape index (κ3) is 8.95. The van der Waals surface area contributed by atoms with Gasteiger partial charge in [0.2, 0.25) is 11.8 Å². The molecule has 2 unspecified atom stereocenters. The molecule has 0 aliphatic heterocycles. The van der Waals surface area contributed by atoms with Crippen LogP contribution in [0.4, 0.5) is 0 Å². The fourth-order valence-corrected chi connectivity index (χ4v) is 5.52. The van der Waals surface area contributed by atoms with Gasteiger partial charge in [-0.2, -0.15) is 0 Å². The number of carbonyl (C=O) groups excluding carboxylic acids is 2. The van der Waals surface area contributed by atoms with E-state index in [2.05, 4.69) is 121 Å². The third-order valence-corrected chi connectivity index (χ3v) is 7.99. The van der Waals surface area contributed by atoms with E-state index in [-0.39, 0.29) is 34.7 Å². The Kier molecular flexibility index (Phi) is 10.6. The molecule has 8 heteroatoms. The first-order valence-electron chi connectivity index (χ1n) is 16.4. The number of nitrogens with zero attached hydrogens (tertiary/aromatic N) is 2. The summed E-state index contributed by atoms with van der Waals surface area (Å²) in [7, 11) is 0. The summed E-state index contributed by atoms with van der Waals surface area (Å²) in [6.45, 7) is 20.8. The van der Waals surface area contributed by atoms with Gasteiger partial charge in [0.25, 0.3) is 0 Å². The summed E-state index contributed by atoms with van der Waals surface area (Å²) in [5.41, 5.74) is 5.68. The second kappa shape index (κ2) is 14.1. The van der Waals surface area contributed by atoms with Crippen LogP contribution in [0.1, 0.15) is 106 Å². The highest BCUT2D eigenvalue weighted by atomic mass is 16.2. The Hall–Kier alpha value is -4.20. The molecule has 246 valence electrons. The van der Waals surface area contributed by atoms with E-state index in [1.54, 1.807) is 0 Å². The van der Waals surface area contributed by atoms with Crippen molar-refractivity contribution in [1.29, 1.82) is 0 Å². The Morgan fingerprint density at radius 2 is 0.891 bits per heavy atom. The zero-order valence-corrected chi connectivity index (χ0v) is 29.2. The van der Waals surface area contributed by atoms with Crippen molar-refractivity contribution in [2.24, 2.45) is 22.7 Å². The first-order chi connectivity index (χ1) is 21.5. The molecule has 2 aromatic heterocycles. The van der Waals surface area contributed by atoms with Gasteiger partial charge in [0.1, 0.15) is 11.6 Å². The number of hydrogen-bond acceptors (Lipinski definition) is 4. The van der Waals surface area contributed by atoms with E-state index >= 15 is 0 Å². The van der Waals surface area contributed by atoms with Crippen LogP contribution >= 0.6 is 0 Å². The molecule has 0 radical (unpaired) electrons. The van der Waals surface area contributed by atoms with Gasteiger partial charge in [-0.05, 0) is 44.9 Å². The van der Waals surface area contributed by atoms with E-state index in [1.807, 2.05) is 40.1 Å². The van der Waals surface area contributed by atoms with Gasteiger partial charge in [0.05, 0.1) is 35.9 Å². The molecule has 0 saturated heterocycles. The molecule has 0 bridgehead atoms. The number of benzene rings is 2. The smallest absolute Gasteiger partial charge is 0.220 e. The molecular formula is C38H52N6O2. The van der Waals surface area contributed by atoms with Crippen molar-refractivity contribution in [3.05, 3.63) is 72.6 Å². The van der Waals surface area contributed by atoms with E-state index in [1.165, 1.54) is 0 Å². The summed E-state index contributed by atoms with van der Waals surface area (Å²) < 4.78 is 0. The number of imidazole rings is 2. The highest BCUT2D eigenvalue weighted by molar-refractivity contribution is 5.77. The Balaban J connectivity index is 1.47. The highest BCUT2D eigenvalue weighted by Crippen LogP contribution is 2.35. The summed E-state index contributed by atoms with van der Waals surface area (Å²) >= 11 is 0. The maximum Gasteiger partial charge on any atom is 0.220 e. The molecular weight excluding hydrogens is 572 g/mol. The van der Waals surface area contributed by atoms with Crippen molar-refractivity contribution in [3.63, 3.8) is 0 Å². The minimum Gasteiger partial charge on any atom is -0.346 e. The lowest BCUT2D eigenvalue weighted by Crippen LogP contribution is -2.37. The van der Waals surface area contributed by atoms with E-state index in [0.717, 1.165) is 45.3 Å². The number of H-pyrrole nitrogens is 2. The molecule has 2 aromatic carbocycles. The van der Waals surface area contributed by atoms with E-state index in [4.69, 9.17) is 0 Å². The molecule has 0 aliphatic carbocycles. The number of aromatic amines is 2. The van der Waals surface area contributed by atoms with Gasteiger partial charge in [0.15, 0.2) is 0 Å². The maximum absolute atomic E-state index is 12.6. The number of rotatable bonds is 11. The average molecular weight is 625 g/mol. The molecule has 2 amide bonds. The topological polar surface area (TPSA) is 116 Å². The summed E-state index contributed by atoms with van der Waals surface area (Å²) in [4.78, 5) is 41.4. The first kappa shape index (κ1) is 34.7. The molecule has 0 fully saturated rings. The van der Waals surface area contributed by atoms with Crippen molar-refractivity contribution >= 4 is 11.8 Å². The lowest BCUT2D eigenvalue weighted by Gasteiger charge is -2.30. The first-order valence-corrected chi connectivity index (χ1v) is 16.4. The Labute approximate surface area is 274 Å². The van der Waals surface area contributed by atoms with Crippen molar-refractivity contribution in [1.82, 2.24) is 30.6 Å². The molecule has 4 N–H and O–H groups in total. The lowest BCUT2D eigenvalue weighted by molar-refractivity contribution is -0.124. The van der Waals surface area contributed by atoms with Crippen LogP contribution in [0.3, 0.4) is 0 Å². The van der Waals surface area contributed by atoms with Crippen LogP contribution in [0.5, 0.6) is 0 Å². The quantitative estimate of drug-likeness (QED) is 0.134. The summed E-state index contributed by atoms with van der Waals surface area (Å²) in [5.74, 6) is 2.18. The molecule has 46 heavy (non-hydrogen) atoms. The fourth-order valence-electron chi connectivity index (χ4n) is 5.52. The molecule has 0 saturated carbocycles. The molecule has 2 atom stereocenters. The van der Waals surface area contributed by atoms with Crippen molar-refractivity contribution < 1.29 is 9.59 Å². The van der Waals surface area contributed by atoms with E-state index in [9.17, 15) is 9.59 Å². The standard InChI is InChI=1S/C38H52N6O2/c1-23(2)19-31(45)43-33(37(5,6)7)35-39-21-29(41-35)27-15-11-25(12-16-27)26-13-17-28(18-14-26)30-22-40-36(42-30)34(38(8,9)10)44-32(46)20-24(3)4/h11-18,21-24,33-34H,19-20H2,1-10H3,(H,39,41)(H,40,42)(H,43,45)(H,44,46). The Morgan fingerprint density at radius 3 is 1.17 bits per heavy atom. The summed E-state index contributed by atoms with van der Waals surface area (Å²) in [5, 5.41) is 6.37. The minimum absolute atomic E-state index is 0.0379. The maximum atomic E-state index is 12.6. The van der Waals surface area contributed by atoms with Crippen LogP contribution in [0, 0.1) is 22.7 Å². The number of hydrogen-bond donors (Lipinski definition) is 4. The normalized spacial score (nSPS) is 13.6. The summed E-state index contributed by atoms with van der Waals surface area (Å²) in [6.07, 6.45) is 4.65.